The maximum absolute atomic E-state index is 12.3. The van der Waals surface area contributed by atoms with E-state index in [0.29, 0.717) is 16.5 Å². The van der Waals surface area contributed by atoms with Crippen LogP contribution in [-0.2, 0) is 4.79 Å². The first-order valence-corrected chi connectivity index (χ1v) is 6.89. The van der Waals surface area contributed by atoms with E-state index in [2.05, 4.69) is 0 Å². The van der Waals surface area contributed by atoms with Gasteiger partial charge in [-0.1, -0.05) is 42.5 Å². The summed E-state index contributed by atoms with van der Waals surface area (Å²) in [5.74, 6) is -1.28. The molecule has 0 saturated carbocycles. The number of Topliss-reactive ketones (excluding diaryl/α,β-unsaturated/α-hetero) is 1. The van der Waals surface area contributed by atoms with Crippen LogP contribution in [0.25, 0.3) is 11.0 Å². The first-order chi connectivity index (χ1) is 10.6. The lowest BCUT2D eigenvalue weighted by Gasteiger charge is -2.15. The number of benzene rings is 2. The van der Waals surface area contributed by atoms with Crippen LogP contribution in [0.1, 0.15) is 24.0 Å². The van der Waals surface area contributed by atoms with Crippen molar-refractivity contribution in [3.05, 3.63) is 76.1 Å². The Morgan fingerprint density at radius 2 is 1.68 bits per heavy atom. The molecule has 4 heteroatoms. The number of ketones is 1. The fourth-order valence-corrected chi connectivity index (χ4v) is 2.65. The Kier molecular flexibility index (Phi) is 3.51. The molecular formula is C18H14O4. The van der Waals surface area contributed by atoms with E-state index in [4.69, 9.17) is 4.42 Å². The first kappa shape index (κ1) is 14.1. The molecule has 0 fully saturated rings. The van der Waals surface area contributed by atoms with E-state index in [0.717, 1.165) is 0 Å². The van der Waals surface area contributed by atoms with Crippen LogP contribution < -0.4 is 5.63 Å². The molecule has 3 rings (SSSR count). The molecule has 1 heterocycles. The molecule has 3 aromatic rings. The van der Waals surface area contributed by atoms with Crippen LogP contribution in [0.15, 0.2) is 63.8 Å². The number of fused-ring (bicyclic) bond motifs is 1. The van der Waals surface area contributed by atoms with Crippen molar-refractivity contribution in [2.24, 2.45) is 0 Å². The van der Waals surface area contributed by atoms with E-state index >= 15 is 0 Å². The molecule has 0 amide bonds. The molecule has 0 saturated heterocycles. The predicted molar refractivity (Wildman–Crippen MR) is 83.1 cm³/mol. The molecule has 2 aromatic carbocycles. The van der Waals surface area contributed by atoms with Gasteiger partial charge in [0.05, 0.1) is 16.9 Å². The highest BCUT2D eigenvalue weighted by atomic mass is 16.4. The second-order valence-corrected chi connectivity index (χ2v) is 5.10. The Morgan fingerprint density at radius 3 is 2.36 bits per heavy atom. The summed E-state index contributed by atoms with van der Waals surface area (Å²) in [6.07, 6.45) is 0. The van der Waals surface area contributed by atoms with Gasteiger partial charge < -0.3 is 9.52 Å². The van der Waals surface area contributed by atoms with E-state index in [9.17, 15) is 14.7 Å². The Hall–Kier alpha value is -2.88. The molecule has 0 aliphatic carbocycles. The highest BCUT2D eigenvalue weighted by Gasteiger charge is 2.27. The summed E-state index contributed by atoms with van der Waals surface area (Å²) in [4.78, 5) is 24.4. The number of rotatable bonds is 3. The van der Waals surface area contributed by atoms with E-state index in [1.807, 2.05) is 6.07 Å². The Labute approximate surface area is 126 Å². The molecule has 1 atom stereocenters. The van der Waals surface area contributed by atoms with Crippen LogP contribution in [0.5, 0.6) is 5.75 Å². The van der Waals surface area contributed by atoms with Gasteiger partial charge in [0.2, 0.25) is 0 Å². The molecule has 1 unspecified atom stereocenters. The number of carbonyl (C=O) groups excluding carboxylic acids is 1. The highest BCUT2D eigenvalue weighted by Crippen LogP contribution is 2.34. The minimum atomic E-state index is -0.845. The zero-order chi connectivity index (χ0) is 15.7. The molecule has 4 nitrogen and oxygen atoms in total. The summed E-state index contributed by atoms with van der Waals surface area (Å²) in [5.41, 5.74) is 0.231. The normalized spacial score (nSPS) is 12.2. The van der Waals surface area contributed by atoms with Gasteiger partial charge in [0.25, 0.3) is 0 Å². The molecule has 1 aromatic heterocycles. The second-order valence-electron chi connectivity index (χ2n) is 5.10. The minimum absolute atomic E-state index is 0.0163. The largest absolute Gasteiger partial charge is 0.507 e. The quantitative estimate of drug-likeness (QED) is 0.753. The summed E-state index contributed by atoms with van der Waals surface area (Å²) in [6, 6.07) is 15.6. The zero-order valence-corrected chi connectivity index (χ0v) is 11.9. The van der Waals surface area contributed by atoms with Crippen molar-refractivity contribution in [2.75, 3.05) is 0 Å². The molecule has 1 N–H and O–H groups in total. The summed E-state index contributed by atoms with van der Waals surface area (Å²) in [5, 5.41) is 10.9. The van der Waals surface area contributed by atoms with Crippen LogP contribution in [0.2, 0.25) is 0 Å². The highest BCUT2D eigenvalue weighted by molar-refractivity contribution is 5.91. The third kappa shape index (κ3) is 2.29. The van der Waals surface area contributed by atoms with Crippen molar-refractivity contribution < 1.29 is 14.3 Å². The molecule has 0 spiro atoms. The van der Waals surface area contributed by atoms with E-state index in [1.165, 1.54) is 6.92 Å². The topological polar surface area (TPSA) is 67.5 Å². The molecule has 110 valence electrons. The lowest BCUT2D eigenvalue weighted by molar-refractivity contribution is -0.117. The molecular weight excluding hydrogens is 280 g/mol. The summed E-state index contributed by atoms with van der Waals surface area (Å²) >= 11 is 0. The maximum Gasteiger partial charge on any atom is 0.344 e. The summed E-state index contributed by atoms with van der Waals surface area (Å²) < 4.78 is 5.26. The van der Waals surface area contributed by atoms with Gasteiger partial charge in [-0.05, 0) is 24.6 Å². The monoisotopic (exact) mass is 294 g/mol. The van der Waals surface area contributed by atoms with Gasteiger partial charge in [-0.3, -0.25) is 4.79 Å². The number of aromatic hydroxyl groups is 1. The van der Waals surface area contributed by atoms with Crippen molar-refractivity contribution in [2.45, 2.75) is 12.8 Å². The van der Waals surface area contributed by atoms with Crippen LogP contribution in [0.4, 0.5) is 0 Å². The summed E-state index contributed by atoms with van der Waals surface area (Å²) in [6.45, 7) is 1.39. The average molecular weight is 294 g/mol. The number of carbonyl (C=O) groups is 1. The van der Waals surface area contributed by atoms with E-state index in [1.54, 1.807) is 48.5 Å². The van der Waals surface area contributed by atoms with Gasteiger partial charge in [-0.15, -0.1) is 0 Å². The van der Waals surface area contributed by atoms with E-state index < -0.39 is 11.5 Å². The smallest absolute Gasteiger partial charge is 0.344 e. The third-order valence-corrected chi connectivity index (χ3v) is 3.65. The summed E-state index contributed by atoms with van der Waals surface area (Å²) in [7, 11) is 0. The van der Waals surface area contributed by atoms with E-state index in [-0.39, 0.29) is 17.1 Å². The Balaban J connectivity index is 2.32. The van der Waals surface area contributed by atoms with Gasteiger partial charge >= 0.3 is 5.63 Å². The van der Waals surface area contributed by atoms with Crippen molar-refractivity contribution in [3.8, 4) is 5.75 Å². The number of hydrogen-bond donors (Lipinski definition) is 1. The maximum atomic E-state index is 12.3. The van der Waals surface area contributed by atoms with Crippen LogP contribution in [0, 0.1) is 0 Å². The van der Waals surface area contributed by atoms with Gasteiger partial charge in [0.1, 0.15) is 17.1 Å². The van der Waals surface area contributed by atoms with Crippen LogP contribution >= 0.6 is 0 Å². The first-order valence-electron chi connectivity index (χ1n) is 6.89. The minimum Gasteiger partial charge on any atom is -0.507 e. The number of hydrogen-bond acceptors (Lipinski definition) is 4. The lowest BCUT2D eigenvalue weighted by atomic mass is 9.88. The second kappa shape index (κ2) is 5.48. The number of para-hydroxylation sites is 1. The third-order valence-electron chi connectivity index (χ3n) is 3.65. The zero-order valence-electron chi connectivity index (χ0n) is 11.9. The molecule has 22 heavy (non-hydrogen) atoms. The fourth-order valence-electron chi connectivity index (χ4n) is 2.65. The predicted octanol–water partition coefficient (Wildman–Crippen LogP) is 3.22. The van der Waals surface area contributed by atoms with Gasteiger partial charge in [-0.2, -0.15) is 0 Å². The standard InChI is InChI=1S/C18H14O4/c1-11(19)15(12-7-3-2-4-8-12)16-17(20)13-9-5-6-10-14(13)22-18(16)21/h2-10,15,20H,1H3. The molecule has 0 aliphatic rings. The SMILES string of the molecule is CC(=O)C(c1ccccc1)c1c(O)c2ccccc2oc1=O. The van der Waals surface area contributed by atoms with Crippen molar-refractivity contribution in [1.82, 2.24) is 0 Å². The van der Waals surface area contributed by atoms with Gasteiger partial charge in [-0.25, -0.2) is 4.79 Å². The average Bonchev–Trinajstić information content (AvgIpc) is 2.52. The van der Waals surface area contributed by atoms with Crippen molar-refractivity contribution in [1.29, 1.82) is 0 Å². The van der Waals surface area contributed by atoms with Crippen LogP contribution in [-0.4, -0.2) is 10.9 Å². The van der Waals surface area contributed by atoms with Crippen molar-refractivity contribution >= 4 is 16.8 Å². The van der Waals surface area contributed by atoms with Crippen molar-refractivity contribution in [3.63, 3.8) is 0 Å². The van der Waals surface area contributed by atoms with Gasteiger partial charge in [0, 0.05) is 0 Å². The molecule has 0 bridgehead atoms. The van der Waals surface area contributed by atoms with Crippen LogP contribution in [0.3, 0.4) is 0 Å². The Morgan fingerprint density at radius 1 is 1.05 bits per heavy atom. The fraction of sp³-hybridized carbons (Fsp3) is 0.111. The molecule has 0 aliphatic heterocycles. The Bertz CT molecular complexity index is 894. The molecule has 0 radical (unpaired) electrons. The lowest BCUT2D eigenvalue weighted by Crippen LogP contribution is -2.19. The van der Waals surface area contributed by atoms with Gasteiger partial charge in [0.15, 0.2) is 0 Å².